The molecule has 3 heterocycles. The molecule has 1 aromatic heterocycles. The lowest BCUT2D eigenvalue weighted by Crippen LogP contribution is -2.47. The van der Waals surface area contributed by atoms with Crippen LogP contribution in [0.3, 0.4) is 0 Å². The normalized spacial score (nSPS) is 16.3. The Morgan fingerprint density at radius 2 is 1.89 bits per heavy atom. The highest BCUT2D eigenvalue weighted by Gasteiger charge is 2.34. The molecule has 2 amide bonds. The number of nitrogens with zero attached hydrogens (tertiary/aromatic N) is 2. The maximum atomic E-state index is 13.7. The Hall–Kier alpha value is -3.39. The third-order valence-corrected chi connectivity index (χ3v) is 7.29. The van der Waals surface area contributed by atoms with E-state index in [1.54, 1.807) is 46.6 Å². The van der Waals surface area contributed by atoms with Crippen molar-refractivity contribution in [2.24, 2.45) is 5.92 Å². The van der Waals surface area contributed by atoms with E-state index < -0.39 is 0 Å². The number of fused-ring (bicyclic) bond motifs is 2. The van der Waals surface area contributed by atoms with Gasteiger partial charge in [-0.15, -0.1) is 11.3 Å². The van der Waals surface area contributed by atoms with E-state index in [2.05, 4.69) is 0 Å². The van der Waals surface area contributed by atoms with Crippen molar-refractivity contribution in [3.8, 4) is 11.5 Å². The first kappa shape index (κ1) is 23.4. The fraction of sp³-hybridized carbons (Fsp3) is 0.333. The highest BCUT2D eigenvalue weighted by Crippen LogP contribution is 2.38. The average molecular weight is 495 g/mol. The lowest BCUT2D eigenvalue weighted by atomic mass is 9.93. The van der Waals surface area contributed by atoms with E-state index in [9.17, 15) is 14.0 Å². The lowest BCUT2D eigenvalue weighted by molar-refractivity contribution is -0.134. The minimum atomic E-state index is -0.314. The van der Waals surface area contributed by atoms with Gasteiger partial charge in [0.2, 0.25) is 12.7 Å². The molecule has 2 aromatic carbocycles. The molecule has 0 radical (unpaired) electrons. The molecule has 1 unspecified atom stereocenters. The monoisotopic (exact) mass is 494 g/mol. The van der Waals surface area contributed by atoms with E-state index in [4.69, 9.17) is 9.47 Å². The molecule has 3 aromatic rings. The summed E-state index contributed by atoms with van der Waals surface area (Å²) in [6.45, 7) is 5.11. The van der Waals surface area contributed by atoms with Crippen LogP contribution in [0.15, 0.2) is 53.9 Å². The van der Waals surface area contributed by atoms with Crippen molar-refractivity contribution >= 4 is 23.2 Å². The second-order valence-corrected chi connectivity index (χ2v) is 10.2. The SMILES string of the molecule is CC(C)CN(CC(=O)N1CCc2sccc2C1c1ccc(F)cc1)C(=O)c1ccc2c(c1)OCO2. The molecule has 0 saturated heterocycles. The first-order chi connectivity index (χ1) is 16.9. The zero-order valence-corrected chi connectivity index (χ0v) is 20.5. The van der Waals surface area contributed by atoms with Gasteiger partial charge < -0.3 is 19.3 Å². The van der Waals surface area contributed by atoms with Crippen molar-refractivity contribution in [2.45, 2.75) is 26.3 Å². The second kappa shape index (κ2) is 9.70. The minimum absolute atomic E-state index is 0.0391. The fourth-order valence-corrected chi connectivity index (χ4v) is 5.62. The largest absolute Gasteiger partial charge is 0.454 e. The van der Waals surface area contributed by atoms with Crippen LogP contribution in [0, 0.1) is 11.7 Å². The molecule has 182 valence electrons. The molecule has 6 nitrogen and oxygen atoms in total. The number of ether oxygens (including phenoxy) is 2. The molecule has 2 aliphatic rings. The lowest BCUT2D eigenvalue weighted by Gasteiger charge is -2.38. The van der Waals surface area contributed by atoms with Crippen LogP contribution in [-0.2, 0) is 11.2 Å². The van der Waals surface area contributed by atoms with Crippen LogP contribution in [0.1, 0.15) is 46.3 Å². The topological polar surface area (TPSA) is 59.1 Å². The highest BCUT2D eigenvalue weighted by atomic mass is 32.1. The maximum Gasteiger partial charge on any atom is 0.254 e. The van der Waals surface area contributed by atoms with Crippen LogP contribution in [-0.4, -0.2) is 48.0 Å². The van der Waals surface area contributed by atoms with E-state index in [1.165, 1.54) is 17.0 Å². The Labute approximate surface area is 207 Å². The van der Waals surface area contributed by atoms with Crippen LogP contribution in [0.4, 0.5) is 4.39 Å². The molecule has 1 atom stereocenters. The molecule has 0 spiro atoms. The Kier molecular flexibility index (Phi) is 6.47. The van der Waals surface area contributed by atoms with Crippen LogP contribution in [0.5, 0.6) is 11.5 Å². The molecule has 8 heteroatoms. The fourth-order valence-electron chi connectivity index (χ4n) is 4.72. The number of amides is 2. The Morgan fingerprint density at radius 3 is 2.66 bits per heavy atom. The second-order valence-electron chi connectivity index (χ2n) is 9.24. The van der Waals surface area contributed by atoms with Gasteiger partial charge in [-0.1, -0.05) is 26.0 Å². The van der Waals surface area contributed by atoms with Gasteiger partial charge in [-0.3, -0.25) is 9.59 Å². The number of carbonyl (C=O) groups excluding carboxylic acids is 2. The summed E-state index contributed by atoms with van der Waals surface area (Å²) < 4.78 is 24.4. The minimum Gasteiger partial charge on any atom is -0.454 e. The number of thiophene rings is 1. The maximum absolute atomic E-state index is 13.7. The Morgan fingerprint density at radius 1 is 1.11 bits per heavy atom. The number of benzene rings is 2. The van der Waals surface area contributed by atoms with Crippen LogP contribution in [0.2, 0.25) is 0 Å². The quantitative estimate of drug-likeness (QED) is 0.490. The first-order valence-corrected chi connectivity index (χ1v) is 12.6. The Balaban J connectivity index is 1.41. The first-order valence-electron chi connectivity index (χ1n) is 11.7. The zero-order valence-electron chi connectivity index (χ0n) is 19.7. The van der Waals surface area contributed by atoms with Crippen LogP contribution in [0.25, 0.3) is 0 Å². The van der Waals surface area contributed by atoms with Crippen molar-refractivity contribution in [2.75, 3.05) is 26.4 Å². The van der Waals surface area contributed by atoms with Crippen molar-refractivity contribution in [1.29, 1.82) is 0 Å². The van der Waals surface area contributed by atoms with Gasteiger partial charge in [0.15, 0.2) is 11.5 Å². The molecule has 0 N–H and O–H groups in total. The van der Waals surface area contributed by atoms with Gasteiger partial charge >= 0.3 is 0 Å². The van der Waals surface area contributed by atoms with Gasteiger partial charge in [0.25, 0.3) is 5.91 Å². The van der Waals surface area contributed by atoms with E-state index >= 15 is 0 Å². The van der Waals surface area contributed by atoms with Crippen LogP contribution >= 0.6 is 11.3 Å². The molecule has 2 aliphatic heterocycles. The smallest absolute Gasteiger partial charge is 0.254 e. The van der Waals surface area contributed by atoms with Crippen molar-refractivity contribution in [1.82, 2.24) is 9.80 Å². The Bertz CT molecular complexity index is 1240. The molecule has 5 rings (SSSR count). The van der Waals surface area contributed by atoms with Gasteiger partial charge in [0, 0.05) is 23.5 Å². The van der Waals surface area contributed by atoms with Crippen molar-refractivity contribution in [3.63, 3.8) is 0 Å². The van der Waals surface area contributed by atoms with Gasteiger partial charge in [0.05, 0.1) is 6.04 Å². The summed E-state index contributed by atoms with van der Waals surface area (Å²) in [4.78, 5) is 31.8. The number of rotatable bonds is 6. The molecule has 0 saturated carbocycles. The summed E-state index contributed by atoms with van der Waals surface area (Å²) in [6, 6.07) is 13.1. The summed E-state index contributed by atoms with van der Waals surface area (Å²) in [7, 11) is 0. The molecule has 35 heavy (non-hydrogen) atoms. The van der Waals surface area contributed by atoms with Gasteiger partial charge in [-0.2, -0.15) is 0 Å². The summed E-state index contributed by atoms with van der Waals surface area (Å²) >= 11 is 1.68. The van der Waals surface area contributed by atoms with E-state index in [-0.39, 0.29) is 42.9 Å². The summed E-state index contributed by atoms with van der Waals surface area (Å²) in [5.74, 6) is 0.644. The summed E-state index contributed by atoms with van der Waals surface area (Å²) in [6.07, 6.45) is 0.761. The van der Waals surface area contributed by atoms with Crippen molar-refractivity contribution in [3.05, 3.63) is 81.3 Å². The van der Waals surface area contributed by atoms with Crippen LogP contribution < -0.4 is 9.47 Å². The van der Waals surface area contributed by atoms with Gasteiger partial charge in [-0.25, -0.2) is 4.39 Å². The predicted octanol–water partition coefficient (Wildman–Crippen LogP) is 4.89. The molecule has 0 aliphatic carbocycles. The predicted molar refractivity (Wildman–Crippen MR) is 131 cm³/mol. The molecular weight excluding hydrogens is 467 g/mol. The third kappa shape index (κ3) is 4.75. The molecular formula is C27H27FN2O4S. The third-order valence-electron chi connectivity index (χ3n) is 6.29. The molecule has 0 fully saturated rings. The number of halogens is 1. The number of carbonyl (C=O) groups is 2. The van der Waals surface area contributed by atoms with Gasteiger partial charge in [0.1, 0.15) is 12.4 Å². The average Bonchev–Trinajstić information content (AvgIpc) is 3.51. The van der Waals surface area contributed by atoms with E-state index in [0.717, 1.165) is 17.5 Å². The number of hydrogen-bond acceptors (Lipinski definition) is 5. The van der Waals surface area contributed by atoms with E-state index in [0.29, 0.717) is 30.2 Å². The van der Waals surface area contributed by atoms with Crippen molar-refractivity contribution < 1.29 is 23.5 Å². The molecule has 0 bridgehead atoms. The zero-order chi connectivity index (χ0) is 24.5. The summed E-state index contributed by atoms with van der Waals surface area (Å²) in [5, 5.41) is 2.03. The van der Waals surface area contributed by atoms with E-state index in [1.807, 2.05) is 30.2 Å². The van der Waals surface area contributed by atoms with Gasteiger partial charge in [-0.05, 0) is 65.2 Å². The standard InChI is InChI=1S/C27H27FN2O4S/c1-17(2)14-29(27(32)19-5-8-22-23(13-19)34-16-33-22)15-25(31)30-11-9-24-21(10-12-35-24)26(30)18-3-6-20(28)7-4-18/h3-8,10,12-13,17,26H,9,11,14-16H2,1-2H3. The summed E-state index contributed by atoms with van der Waals surface area (Å²) in [5.41, 5.74) is 2.38. The number of hydrogen-bond donors (Lipinski definition) is 0. The highest BCUT2D eigenvalue weighted by molar-refractivity contribution is 7.10.